The minimum absolute atomic E-state index is 0.000229. The Labute approximate surface area is 287 Å². The van der Waals surface area contributed by atoms with E-state index in [-0.39, 0.29) is 25.4 Å². The van der Waals surface area contributed by atoms with Crippen molar-refractivity contribution < 1.29 is 28.8 Å². The van der Waals surface area contributed by atoms with Crippen molar-refractivity contribution in [2.75, 3.05) is 18.0 Å². The van der Waals surface area contributed by atoms with E-state index in [1.165, 1.54) is 9.80 Å². The van der Waals surface area contributed by atoms with Crippen molar-refractivity contribution in [1.29, 1.82) is 0 Å². The fourth-order valence-electron chi connectivity index (χ4n) is 5.02. The van der Waals surface area contributed by atoms with Crippen molar-refractivity contribution in [3.63, 3.8) is 0 Å². The van der Waals surface area contributed by atoms with E-state index in [0.717, 1.165) is 0 Å². The maximum Gasteiger partial charge on any atom is 0.411 e. The van der Waals surface area contributed by atoms with Gasteiger partial charge in [-0.05, 0) is 51.0 Å². The number of nitrogens with one attached hydrogen (secondary N) is 1. The highest BCUT2D eigenvalue weighted by Gasteiger charge is 2.42. The van der Waals surface area contributed by atoms with Crippen molar-refractivity contribution in [3.8, 4) is 22.6 Å². The number of ether oxygens (including phenoxy) is 1. The van der Waals surface area contributed by atoms with Gasteiger partial charge in [-0.3, -0.25) is 14.5 Å². The summed E-state index contributed by atoms with van der Waals surface area (Å²) in [6.45, 7) is 8.89. The summed E-state index contributed by atoms with van der Waals surface area (Å²) in [6, 6.07) is 12.2. The molecule has 46 heavy (non-hydrogen) atoms. The molecule has 3 unspecified atom stereocenters. The van der Waals surface area contributed by atoms with Gasteiger partial charge in [0.05, 0.1) is 22.7 Å². The average Bonchev–Trinajstić information content (AvgIpc) is 3.61. The van der Waals surface area contributed by atoms with E-state index in [4.69, 9.17) is 55.7 Å². The van der Waals surface area contributed by atoms with Crippen LogP contribution in [0.4, 0.5) is 10.5 Å². The van der Waals surface area contributed by atoms with Crippen LogP contribution in [0.5, 0.6) is 0 Å². The number of carbonyl (C=O) groups is 3. The van der Waals surface area contributed by atoms with Gasteiger partial charge in [0, 0.05) is 41.9 Å². The third-order valence-corrected chi connectivity index (χ3v) is 8.35. The number of rotatable bonds is 9. The third kappa shape index (κ3) is 8.66. The van der Waals surface area contributed by atoms with E-state index in [2.05, 4.69) is 10.5 Å². The normalized spacial score (nSPS) is 17.3. The van der Waals surface area contributed by atoms with Gasteiger partial charge in [-0.2, -0.15) is 0 Å². The predicted octanol–water partition coefficient (Wildman–Crippen LogP) is 6.96. The number of anilines is 1. The topological polar surface area (TPSA) is 125 Å². The van der Waals surface area contributed by atoms with Crippen LogP contribution in [0.25, 0.3) is 22.6 Å². The molecule has 1 aliphatic rings. The first-order valence-corrected chi connectivity index (χ1v) is 16.3. The van der Waals surface area contributed by atoms with Crippen LogP contribution < -0.4 is 10.2 Å². The highest BCUT2D eigenvalue weighted by atomic mass is 35.5. The molecule has 248 valence electrons. The highest BCUT2D eigenvalue weighted by molar-refractivity contribution is 6.54. The molecule has 0 bridgehead atoms. The average molecular weight is 714 g/mol. The third-order valence-electron chi connectivity index (χ3n) is 7.35. The zero-order valence-electron chi connectivity index (χ0n) is 26.0. The Morgan fingerprint density at radius 3 is 2.37 bits per heavy atom. The van der Waals surface area contributed by atoms with Crippen LogP contribution in [-0.2, 0) is 14.3 Å². The Hall–Kier alpha value is -3.02. The Bertz CT molecular complexity index is 1550. The smallest absolute Gasteiger partial charge is 0.411 e. The van der Waals surface area contributed by atoms with Crippen molar-refractivity contribution >= 4 is 70.0 Å². The number of hydrogen-bond donors (Lipinski definition) is 2. The van der Waals surface area contributed by atoms with Crippen LogP contribution in [0.1, 0.15) is 41.0 Å². The molecule has 3 atom stereocenters. The summed E-state index contributed by atoms with van der Waals surface area (Å²) < 4.78 is 11.1. The number of hydrogen-bond acceptors (Lipinski definition) is 7. The van der Waals surface area contributed by atoms with Crippen LogP contribution in [0.2, 0.25) is 10.0 Å². The summed E-state index contributed by atoms with van der Waals surface area (Å²) in [5, 5.41) is 18.2. The van der Waals surface area contributed by atoms with Gasteiger partial charge in [0.2, 0.25) is 5.91 Å². The number of halogens is 4. The lowest BCUT2D eigenvalue weighted by atomic mass is 10.0. The van der Waals surface area contributed by atoms with Gasteiger partial charge in [-0.25, -0.2) is 4.79 Å². The molecule has 1 aliphatic heterocycles. The van der Waals surface area contributed by atoms with Crippen molar-refractivity contribution in [2.24, 2.45) is 5.92 Å². The SMILES string of the molecule is CC(C)C(CN(C(=O)C(Cl)Cl)c1cccc(-c2cc(-c3c(Cl)cccc3Cl)no2)c1)NC(=O)C1CC(O)CN1C(=O)OC(C)(C)C. The van der Waals surface area contributed by atoms with Crippen LogP contribution in [0.3, 0.4) is 0 Å². The summed E-state index contributed by atoms with van der Waals surface area (Å²) >= 11 is 24.9. The molecule has 1 aromatic heterocycles. The second-order valence-corrected chi connectivity index (χ2v) is 14.3. The molecule has 0 radical (unpaired) electrons. The molecule has 1 fully saturated rings. The molecular formula is C32H36Cl4N4O6. The number of alkyl halides is 2. The van der Waals surface area contributed by atoms with Crippen LogP contribution in [0, 0.1) is 5.92 Å². The van der Waals surface area contributed by atoms with Gasteiger partial charge >= 0.3 is 6.09 Å². The zero-order valence-corrected chi connectivity index (χ0v) is 29.0. The van der Waals surface area contributed by atoms with Crippen molar-refractivity contribution in [3.05, 3.63) is 58.6 Å². The minimum Gasteiger partial charge on any atom is -0.444 e. The van der Waals surface area contributed by atoms with Crippen LogP contribution in [-0.4, -0.2) is 74.8 Å². The van der Waals surface area contributed by atoms with Crippen molar-refractivity contribution in [1.82, 2.24) is 15.4 Å². The second kappa shape index (κ2) is 14.8. The van der Waals surface area contributed by atoms with Crippen LogP contribution in [0.15, 0.2) is 53.1 Å². The number of carbonyl (C=O) groups excluding carboxylic acids is 3. The first kappa shape index (κ1) is 35.8. The number of β-amino-alcohol motifs (C(OH)–C–C–N with tert-alkyl or cyclic N) is 1. The fraction of sp³-hybridized carbons (Fsp3) is 0.438. The Morgan fingerprint density at radius 1 is 1.11 bits per heavy atom. The van der Waals surface area contributed by atoms with Gasteiger partial charge in [0.25, 0.3) is 5.91 Å². The number of nitrogens with zero attached hydrogens (tertiary/aromatic N) is 3. The molecule has 10 nitrogen and oxygen atoms in total. The molecule has 0 aliphatic carbocycles. The van der Waals surface area contributed by atoms with Crippen LogP contribution >= 0.6 is 46.4 Å². The second-order valence-electron chi connectivity index (χ2n) is 12.4. The first-order valence-electron chi connectivity index (χ1n) is 14.6. The fourth-order valence-corrected chi connectivity index (χ4v) is 5.85. The molecule has 1 saturated heterocycles. The predicted molar refractivity (Wildman–Crippen MR) is 179 cm³/mol. The highest BCUT2D eigenvalue weighted by Crippen LogP contribution is 2.36. The molecule has 0 spiro atoms. The van der Waals surface area contributed by atoms with Gasteiger partial charge < -0.3 is 24.6 Å². The number of amides is 3. The maximum atomic E-state index is 13.5. The molecule has 2 heterocycles. The molecule has 3 aromatic rings. The standard InChI is InChI=1S/C32H36Cl4N4O6/c1-17(2)24(37-29(42)25-13-20(41)15-40(25)31(44)45-32(3,4)5)16-39(30(43)28(35)36)19-9-6-8-18(12-19)26-14-23(38-46-26)27-21(33)10-7-11-22(27)34/h6-12,14,17,20,24-25,28,41H,13,15-16H2,1-5H3,(H,37,42). The van der Waals surface area contributed by atoms with Gasteiger partial charge in [-0.1, -0.05) is 83.6 Å². The molecule has 4 rings (SSSR count). The van der Waals surface area contributed by atoms with Gasteiger partial charge in [0.15, 0.2) is 10.6 Å². The molecule has 3 amide bonds. The monoisotopic (exact) mass is 712 g/mol. The Morgan fingerprint density at radius 2 is 1.76 bits per heavy atom. The number of benzene rings is 2. The van der Waals surface area contributed by atoms with Gasteiger partial charge in [0.1, 0.15) is 17.3 Å². The largest absolute Gasteiger partial charge is 0.444 e. The molecular weight excluding hydrogens is 678 g/mol. The number of likely N-dealkylation sites (tertiary alicyclic amines) is 1. The lowest BCUT2D eigenvalue weighted by Gasteiger charge is -2.33. The van der Waals surface area contributed by atoms with E-state index >= 15 is 0 Å². The summed E-state index contributed by atoms with van der Waals surface area (Å²) in [5.41, 5.74) is 1.21. The number of aliphatic hydroxyl groups excluding tert-OH is 1. The quantitative estimate of drug-likeness (QED) is 0.230. The minimum atomic E-state index is -1.39. The number of aliphatic hydroxyl groups is 1. The summed E-state index contributed by atoms with van der Waals surface area (Å²) in [6.07, 6.45) is -1.54. The lowest BCUT2D eigenvalue weighted by molar-refractivity contribution is -0.126. The molecule has 14 heteroatoms. The molecule has 0 saturated carbocycles. The van der Waals surface area contributed by atoms with Gasteiger partial charge in [-0.15, -0.1) is 0 Å². The van der Waals surface area contributed by atoms with E-state index < -0.39 is 46.5 Å². The summed E-state index contributed by atoms with van der Waals surface area (Å²) in [7, 11) is 0. The van der Waals surface area contributed by atoms with E-state index in [9.17, 15) is 19.5 Å². The molecule has 2 N–H and O–H groups in total. The van der Waals surface area contributed by atoms with Crippen molar-refractivity contribution in [2.45, 2.75) is 69.7 Å². The van der Waals surface area contributed by atoms with E-state index in [1.54, 1.807) is 69.3 Å². The lowest BCUT2D eigenvalue weighted by Crippen LogP contribution is -2.54. The molecule has 2 aromatic carbocycles. The maximum absolute atomic E-state index is 13.5. The Balaban J connectivity index is 1.59. The summed E-state index contributed by atoms with van der Waals surface area (Å²) in [5.74, 6) is -0.856. The zero-order chi connectivity index (χ0) is 33.9. The van der Waals surface area contributed by atoms with E-state index in [1.807, 2.05) is 13.8 Å². The van der Waals surface area contributed by atoms with E-state index in [0.29, 0.717) is 38.3 Å². The summed E-state index contributed by atoms with van der Waals surface area (Å²) in [4.78, 5) is 41.0. The number of aromatic nitrogens is 1. The first-order chi connectivity index (χ1) is 21.6. The Kier molecular flexibility index (Phi) is 11.5.